The molecule has 1 amide bonds. The lowest BCUT2D eigenvalue weighted by atomic mass is 9.97. The number of hydrogen-bond donors (Lipinski definition) is 1. The molecule has 6 heteroatoms. The number of para-hydroxylation sites is 1. The number of likely N-dealkylation sites (N-methyl/N-ethyl adjacent to an activating group) is 1. The molecule has 21 heavy (non-hydrogen) atoms. The highest BCUT2D eigenvalue weighted by atomic mass is 32.2. The molecule has 1 saturated heterocycles. The van der Waals surface area contributed by atoms with E-state index in [1.807, 2.05) is 19.2 Å². The van der Waals surface area contributed by atoms with Gasteiger partial charge < -0.3 is 10.2 Å². The van der Waals surface area contributed by atoms with Gasteiger partial charge in [0.25, 0.3) is 0 Å². The highest BCUT2D eigenvalue weighted by molar-refractivity contribution is 7.91. The fourth-order valence-corrected chi connectivity index (χ4v) is 4.97. The summed E-state index contributed by atoms with van der Waals surface area (Å²) in [6, 6.07) is 8.21. The van der Waals surface area contributed by atoms with Gasteiger partial charge in [-0.1, -0.05) is 18.2 Å². The fourth-order valence-electron chi connectivity index (χ4n) is 3.23. The molecule has 1 aromatic carbocycles. The third-order valence-corrected chi connectivity index (χ3v) is 6.08. The van der Waals surface area contributed by atoms with Crippen LogP contribution in [0.1, 0.15) is 12.0 Å². The Labute approximate surface area is 125 Å². The van der Waals surface area contributed by atoms with E-state index in [4.69, 9.17) is 0 Å². The van der Waals surface area contributed by atoms with E-state index in [1.165, 1.54) is 11.3 Å². The molecule has 1 fully saturated rings. The van der Waals surface area contributed by atoms with Gasteiger partial charge in [-0.15, -0.1) is 0 Å². The molecule has 3 rings (SSSR count). The van der Waals surface area contributed by atoms with Gasteiger partial charge in [0, 0.05) is 19.3 Å². The summed E-state index contributed by atoms with van der Waals surface area (Å²) in [6.45, 7) is 0.752. The SMILES string of the molecule is CN1CC(NC(=O)C2CCS(=O)(=O)C2)Cc2ccccc21. The average molecular weight is 308 g/mol. The van der Waals surface area contributed by atoms with Crippen LogP contribution in [0.15, 0.2) is 24.3 Å². The van der Waals surface area contributed by atoms with E-state index < -0.39 is 9.84 Å². The topological polar surface area (TPSA) is 66.5 Å². The van der Waals surface area contributed by atoms with Gasteiger partial charge >= 0.3 is 0 Å². The molecule has 2 heterocycles. The highest BCUT2D eigenvalue weighted by Crippen LogP contribution is 2.26. The van der Waals surface area contributed by atoms with E-state index in [0.717, 1.165) is 13.0 Å². The Morgan fingerprint density at radius 1 is 1.33 bits per heavy atom. The summed E-state index contributed by atoms with van der Waals surface area (Å²) in [6.07, 6.45) is 1.25. The van der Waals surface area contributed by atoms with Crippen LogP contribution in [0.5, 0.6) is 0 Å². The van der Waals surface area contributed by atoms with Crippen molar-refractivity contribution in [3.63, 3.8) is 0 Å². The number of carbonyl (C=O) groups excluding carboxylic acids is 1. The van der Waals surface area contributed by atoms with Crippen molar-refractivity contribution in [2.75, 3.05) is 30.0 Å². The van der Waals surface area contributed by atoms with Crippen molar-refractivity contribution in [3.8, 4) is 0 Å². The second kappa shape index (κ2) is 5.33. The Morgan fingerprint density at radius 2 is 2.10 bits per heavy atom. The molecule has 2 aliphatic rings. The molecular weight excluding hydrogens is 288 g/mol. The van der Waals surface area contributed by atoms with Crippen LogP contribution in [0.2, 0.25) is 0 Å². The molecule has 2 atom stereocenters. The van der Waals surface area contributed by atoms with Gasteiger partial charge in [0.15, 0.2) is 9.84 Å². The van der Waals surface area contributed by atoms with Crippen molar-refractivity contribution in [3.05, 3.63) is 29.8 Å². The quantitative estimate of drug-likeness (QED) is 0.869. The largest absolute Gasteiger partial charge is 0.372 e. The Kier molecular flexibility index (Phi) is 3.65. The van der Waals surface area contributed by atoms with E-state index in [1.54, 1.807) is 0 Å². The van der Waals surface area contributed by atoms with Crippen molar-refractivity contribution in [2.45, 2.75) is 18.9 Å². The fraction of sp³-hybridized carbons (Fsp3) is 0.533. The molecular formula is C15H20N2O3S. The van der Waals surface area contributed by atoms with E-state index >= 15 is 0 Å². The normalized spacial score (nSPS) is 27.2. The van der Waals surface area contributed by atoms with Crippen molar-refractivity contribution < 1.29 is 13.2 Å². The number of anilines is 1. The van der Waals surface area contributed by atoms with Crippen molar-refractivity contribution >= 4 is 21.4 Å². The zero-order valence-corrected chi connectivity index (χ0v) is 12.9. The van der Waals surface area contributed by atoms with Crippen LogP contribution in [0.4, 0.5) is 5.69 Å². The number of fused-ring (bicyclic) bond motifs is 1. The molecule has 2 aliphatic heterocycles. The van der Waals surface area contributed by atoms with Gasteiger partial charge in [-0.3, -0.25) is 4.79 Å². The third-order valence-electron chi connectivity index (χ3n) is 4.31. The predicted octanol–water partition coefficient (Wildman–Crippen LogP) is 0.598. The predicted molar refractivity (Wildman–Crippen MR) is 82.1 cm³/mol. The number of nitrogens with zero attached hydrogens (tertiary/aromatic N) is 1. The molecule has 2 unspecified atom stereocenters. The number of rotatable bonds is 2. The van der Waals surface area contributed by atoms with Crippen LogP contribution in [0.3, 0.4) is 0 Å². The highest BCUT2D eigenvalue weighted by Gasteiger charge is 2.34. The lowest BCUT2D eigenvalue weighted by Crippen LogP contribution is -2.48. The second-order valence-corrected chi connectivity index (χ2v) is 8.25. The lowest BCUT2D eigenvalue weighted by molar-refractivity contribution is -0.124. The number of benzene rings is 1. The van der Waals surface area contributed by atoms with Crippen LogP contribution in [0.25, 0.3) is 0 Å². The second-order valence-electron chi connectivity index (χ2n) is 6.02. The van der Waals surface area contributed by atoms with Gasteiger partial charge in [0.05, 0.1) is 23.5 Å². The molecule has 0 radical (unpaired) electrons. The summed E-state index contributed by atoms with van der Waals surface area (Å²) in [7, 11) is -1.00. The molecule has 0 aliphatic carbocycles. The van der Waals surface area contributed by atoms with Crippen LogP contribution in [-0.2, 0) is 21.1 Å². The average Bonchev–Trinajstić information content (AvgIpc) is 2.79. The standard InChI is InChI=1S/C15H20N2O3S/c1-17-9-13(8-11-4-2-3-5-14(11)17)16-15(18)12-6-7-21(19,20)10-12/h2-5,12-13H,6-10H2,1H3,(H,16,18). The van der Waals surface area contributed by atoms with E-state index in [9.17, 15) is 13.2 Å². The van der Waals surface area contributed by atoms with Crippen LogP contribution >= 0.6 is 0 Å². The Balaban J connectivity index is 1.66. The molecule has 0 saturated carbocycles. The Bertz CT molecular complexity index is 657. The maximum absolute atomic E-state index is 12.2. The molecule has 114 valence electrons. The zero-order chi connectivity index (χ0) is 15.0. The molecule has 1 N–H and O–H groups in total. The smallest absolute Gasteiger partial charge is 0.224 e. The molecule has 0 aromatic heterocycles. The summed E-state index contributed by atoms with van der Waals surface area (Å²) < 4.78 is 22.9. The lowest BCUT2D eigenvalue weighted by Gasteiger charge is -2.34. The number of nitrogens with one attached hydrogen (secondary N) is 1. The summed E-state index contributed by atoms with van der Waals surface area (Å²) >= 11 is 0. The van der Waals surface area contributed by atoms with E-state index in [2.05, 4.69) is 22.3 Å². The zero-order valence-electron chi connectivity index (χ0n) is 12.1. The first-order chi connectivity index (χ1) is 9.94. The van der Waals surface area contributed by atoms with Crippen LogP contribution in [0, 0.1) is 5.92 Å². The number of hydrogen-bond acceptors (Lipinski definition) is 4. The first-order valence-corrected chi connectivity index (χ1v) is 9.06. The maximum atomic E-state index is 12.2. The minimum Gasteiger partial charge on any atom is -0.372 e. The molecule has 0 spiro atoms. The van der Waals surface area contributed by atoms with Crippen molar-refractivity contribution in [1.82, 2.24) is 5.32 Å². The molecule has 5 nitrogen and oxygen atoms in total. The minimum absolute atomic E-state index is 0.00200. The minimum atomic E-state index is -3.01. The van der Waals surface area contributed by atoms with E-state index in [0.29, 0.717) is 6.42 Å². The molecule has 1 aromatic rings. The van der Waals surface area contributed by atoms with Crippen LogP contribution in [-0.4, -0.2) is 45.5 Å². The van der Waals surface area contributed by atoms with Crippen LogP contribution < -0.4 is 10.2 Å². The summed E-state index contributed by atoms with van der Waals surface area (Å²) in [5.74, 6) is -0.359. The number of amides is 1. The summed E-state index contributed by atoms with van der Waals surface area (Å²) in [5.41, 5.74) is 2.42. The number of carbonyl (C=O) groups is 1. The van der Waals surface area contributed by atoms with Gasteiger partial charge in [-0.2, -0.15) is 0 Å². The first kappa shape index (κ1) is 14.4. The first-order valence-electron chi connectivity index (χ1n) is 7.24. The van der Waals surface area contributed by atoms with Crippen molar-refractivity contribution in [2.24, 2.45) is 5.92 Å². The van der Waals surface area contributed by atoms with Crippen molar-refractivity contribution in [1.29, 1.82) is 0 Å². The molecule has 0 bridgehead atoms. The number of sulfone groups is 1. The maximum Gasteiger partial charge on any atom is 0.224 e. The van der Waals surface area contributed by atoms with Gasteiger partial charge in [-0.05, 0) is 24.5 Å². The summed E-state index contributed by atoms with van der Waals surface area (Å²) in [5, 5.41) is 3.02. The Morgan fingerprint density at radius 3 is 2.81 bits per heavy atom. The third kappa shape index (κ3) is 3.05. The monoisotopic (exact) mass is 308 g/mol. The Hall–Kier alpha value is -1.56. The van der Waals surface area contributed by atoms with E-state index in [-0.39, 0.29) is 29.4 Å². The van der Waals surface area contributed by atoms with Gasteiger partial charge in [0.1, 0.15) is 0 Å². The summed E-state index contributed by atoms with van der Waals surface area (Å²) in [4.78, 5) is 14.4. The van der Waals surface area contributed by atoms with Gasteiger partial charge in [0.2, 0.25) is 5.91 Å². The van der Waals surface area contributed by atoms with Gasteiger partial charge in [-0.25, -0.2) is 8.42 Å².